The third-order valence-corrected chi connectivity index (χ3v) is 6.19. The molecular weight excluding hydrogens is 359 g/mol. The first-order chi connectivity index (χ1) is 10.9. The molecular formula is C15H20ClFN2O4S. The molecule has 0 spiro atoms. The molecule has 2 saturated heterocycles. The summed E-state index contributed by atoms with van der Waals surface area (Å²) in [4.78, 5) is 11.6. The van der Waals surface area contributed by atoms with E-state index in [1.165, 1.54) is 10.4 Å². The van der Waals surface area contributed by atoms with E-state index >= 15 is 0 Å². The maximum absolute atomic E-state index is 13.8. The molecule has 1 aromatic rings. The Morgan fingerprint density at radius 1 is 1.29 bits per heavy atom. The van der Waals surface area contributed by atoms with E-state index in [2.05, 4.69) is 5.32 Å². The van der Waals surface area contributed by atoms with Crippen molar-refractivity contribution in [2.75, 3.05) is 32.8 Å². The van der Waals surface area contributed by atoms with Crippen LogP contribution in [0.25, 0.3) is 0 Å². The number of carbonyl (C=O) groups excluding carboxylic acids is 1. The van der Waals surface area contributed by atoms with Crippen LogP contribution < -0.4 is 5.32 Å². The van der Waals surface area contributed by atoms with Crippen LogP contribution in [0.4, 0.5) is 4.39 Å². The minimum Gasteiger partial charge on any atom is -0.462 e. The van der Waals surface area contributed by atoms with E-state index in [0.717, 1.165) is 25.2 Å². The van der Waals surface area contributed by atoms with E-state index in [1.54, 1.807) is 6.92 Å². The number of esters is 1. The summed E-state index contributed by atoms with van der Waals surface area (Å²) in [6, 6.07) is 3.12. The van der Waals surface area contributed by atoms with Gasteiger partial charge in [0.2, 0.25) is 10.0 Å². The number of benzene rings is 1. The average Bonchev–Trinajstić information content (AvgIpc) is 3.08. The first-order valence-electron chi connectivity index (χ1n) is 7.60. The van der Waals surface area contributed by atoms with Gasteiger partial charge in [-0.3, -0.25) is 0 Å². The van der Waals surface area contributed by atoms with Crippen molar-refractivity contribution in [2.45, 2.75) is 11.8 Å². The summed E-state index contributed by atoms with van der Waals surface area (Å²) >= 11 is 0. The van der Waals surface area contributed by atoms with Gasteiger partial charge in [0.15, 0.2) is 0 Å². The number of carbonyl (C=O) groups is 1. The fraction of sp³-hybridized carbons (Fsp3) is 0.533. The predicted octanol–water partition coefficient (Wildman–Crippen LogP) is 1.26. The number of sulfonamides is 1. The Bertz CT molecular complexity index is 716. The van der Waals surface area contributed by atoms with Gasteiger partial charge >= 0.3 is 5.97 Å². The summed E-state index contributed by atoms with van der Waals surface area (Å²) in [5.74, 6) is -0.910. The lowest BCUT2D eigenvalue weighted by atomic mass is 10.0. The van der Waals surface area contributed by atoms with Crippen LogP contribution >= 0.6 is 12.4 Å². The number of nitrogens with zero attached hydrogens (tertiary/aromatic N) is 1. The molecule has 0 aromatic heterocycles. The van der Waals surface area contributed by atoms with Gasteiger partial charge < -0.3 is 10.1 Å². The molecule has 0 bridgehead atoms. The fourth-order valence-electron chi connectivity index (χ4n) is 3.20. The summed E-state index contributed by atoms with van der Waals surface area (Å²) in [5, 5.41) is 3.24. The van der Waals surface area contributed by atoms with E-state index < -0.39 is 21.8 Å². The van der Waals surface area contributed by atoms with Gasteiger partial charge in [-0.25, -0.2) is 17.6 Å². The normalized spacial score (nSPS) is 23.6. The highest BCUT2D eigenvalue weighted by molar-refractivity contribution is 7.89. The second-order valence-corrected chi connectivity index (χ2v) is 7.83. The van der Waals surface area contributed by atoms with Gasteiger partial charge in [-0.1, -0.05) is 0 Å². The van der Waals surface area contributed by atoms with Gasteiger partial charge in [-0.2, -0.15) is 4.31 Å². The molecule has 24 heavy (non-hydrogen) atoms. The second-order valence-electron chi connectivity index (χ2n) is 5.90. The van der Waals surface area contributed by atoms with Gasteiger partial charge in [0, 0.05) is 13.1 Å². The van der Waals surface area contributed by atoms with Crippen molar-refractivity contribution < 1.29 is 22.3 Å². The number of hydrogen-bond acceptors (Lipinski definition) is 5. The van der Waals surface area contributed by atoms with E-state index in [-0.39, 0.29) is 29.5 Å². The highest BCUT2D eigenvalue weighted by Crippen LogP contribution is 2.31. The Morgan fingerprint density at radius 3 is 2.50 bits per heavy atom. The quantitative estimate of drug-likeness (QED) is 0.798. The van der Waals surface area contributed by atoms with Gasteiger partial charge in [0.05, 0.1) is 17.1 Å². The van der Waals surface area contributed by atoms with Gasteiger partial charge in [0.1, 0.15) is 5.82 Å². The zero-order valence-electron chi connectivity index (χ0n) is 13.2. The smallest absolute Gasteiger partial charge is 0.338 e. The summed E-state index contributed by atoms with van der Waals surface area (Å²) in [6.45, 7) is 4.21. The molecule has 0 saturated carbocycles. The monoisotopic (exact) mass is 378 g/mol. The summed E-state index contributed by atoms with van der Waals surface area (Å²) in [5.41, 5.74) is -0.0912. The zero-order chi connectivity index (χ0) is 16.6. The molecule has 2 aliphatic heterocycles. The van der Waals surface area contributed by atoms with Crippen molar-refractivity contribution in [1.29, 1.82) is 0 Å². The SMILES string of the molecule is CCOC(=O)c1cc(F)cc(S(=O)(=O)N2C[C@H]3CNC[C@H]3C2)c1.Cl. The van der Waals surface area contributed by atoms with Crippen LogP contribution in [0, 0.1) is 17.7 Å². The van der Waals surface area contributed by atoms with Crippen molar-refractivity contribution in [3.05, 3.63) is 29.6 Å². The molecule has 2 aliphatic rings. The molecule has 1 N–H and O–H groups in total. The molecule has 0 radical (unpaired) electrons. The first kappa shape index (κ1) is 19.1. The van der Waals surface area contributed by atoms with E-state index in [4.69, 9.17) is 4.74 Å². The van der Waals surface area contributed by atoms with Crippen LogP contribution in [0.1, 0.15) is 17.3 Å². The molecule has 2 heterocycles. The molecule has 134 valence electrons. The fourth-order valence-corrected chi connectivity index (χ4v) is 4.81. The van der Waals surface area contributed by atoms with Crippen molar-refractivity contribution in [3.8, 4) is 0 Å². The Balaban J connectivity index is 0.00000208. The third kappa shape index (κ3) is 3.56. The molecule has 0 unspecified atom stereocenters. The van der Waals surface area contributed by atoms with Crippen molar-refractivity contribution >= 4 is 28.4 Å². The lowest BCUT2D eigenvalue weighted by Crippen LogP contribution is -2.32. The highest BCUT2D eigenvalue weighted by Gasteiger charge is 2.41. The maximum Gasteiger partial charge on any atom is 0.338 e. The summed E-state index contributed by atoms with van der Waals surface area (Å²) in [6.07, 6.45) is 0. The molecule has 6 nitrogen and oxygen atoms in total. The van der Waals surface area contributed by atoms with E-state index in [9.17, 15) is 17.6 Å². The molecule has 1 aromatic carbocycles. The van der Waals surface area contributed by atoms with Gasteiger partial charge in [-0.15, -0.1) is 12.4 Å². The Kier molecular flexibility index (Phi) is 5.85. The standard InChI is InChI=1S/C15H19FN2O4S.ClH/c1-2-22-15(19)10-3-13(16)5-14(4-10)23(20,21)18-8-11-6-17-7-12(11)9-18;/h3-5,11-12,17H,2,6-9H2,1H3;1H/t11-,12+;. The van der Waals surface area contributed by atoms with Crippen LogP contribution in [0.2, 0.25) is 0 Å². The Hall–Kier alpha value is -1.22. The lowest BCUT2D eigenvalue weighted by molar-refractivity contribution is 0.0525. The van der Waals surface area contributed by atoms with E-state index in [0.29, 0.717) is 24.9 Å². The van der Waals surface area contributed by atoms with Crippen molar-refractivity contribution in [1.82, 2.24) is 9.62 Å². The number of ether oxygens (including phenoxy) is 1. The molecule has 2 atom stereocenters. The largest absolute Gasteiger partial charge is 0.462 e. The summed E-state index contributed by atoms with van der Waals surface area (Å²) in [7, 11) is -3.82. The number of fused-ring (bicyclic) bond motifs is 1. The minimum absolute atomic E-state index is 0. The van der Waals surface area contributed by atoms with E-state index in [1.807, 2.05) is 0 Å². The van der Waals surface area contributed by atoms with Crippen LogP contribution in [0.15, 0.2) is 23.1 Å². The topological polar surface area (TPSA) is 75.7 Å². The molecule has 0 aliphatic carbocycles. The van der Waals surface area contributed by atoms with Crippen molar-refractivity contribution in [3.63, 3.8) is 0 Å². The minimum atomic E-state index is -3.82. The van der Waals surface area contributed by atoms with Gasteiger partial charge in [0.25, 0.3) is 0 Å². The van der Waals surface area contributed by atoms with Crippen LogP contribution in [-0.2, 0) is 14.8 Å². The third-order valence-electron chi connectivity index (χ3n) is 4.38. The Labute approximate surface area is 146 Å². The maximum atomic E-state index is 13.8. The van der Waals surface area contributed by atoms with Gasteiger partial charge in [-0.05, 0) is 50.0 Å². The number of hydrogen-bond donors (Lipinski definition) is 1. The lowest BCUT2D eigenvalue weighted by Gasteiger charge is -2.18. The number of rotatable bonds is 4. The molecule has 0 amide bonds. The molecule has 2 fully saturated rings. The zero-order valence-corrected chi connectivity index (χ0v) is 14.8. The number of nitrogens with one attached hydrogen (secondary N) is 1. The first-order valence-corrected chi connectivity index (χ1v) is 9.04. The van der Waals surface area contributed by atoms with Crippen LogP contribution in [0.3, 0.4) is 0 Å². The molecule has 3 rings (SSSR count). The second kappa shape index (κ2) is 7.35. The average molecular weight is 379 g/mol. The predicted molar refractivity (Wildman–Crippen MR) is 88.2 cm³/mol. The highest BCUT2D eigenvalue weighted by atomic mass is 35.5. The van der Waals surface area contributed by atoms with Crippen LogP contribution in [0.5, 0.6) is 0 Å². The number of halogens is 2. The van der Waals surface area contributed by atoms with Crippen molar-refractivity contribution in [2.24, 2.45) is 11.8 Å². The Morgan fingerprint density at radius 2 is 1.92 bits per heavy atom. The van der Waals surface area contributed by atoms with Crippen LogP contribution in [-0.4, -0.2) is 51.5 Å². The summed E-state index contributed by atoms with van der Waals surface area (Å²) < 4.78 is 45.4. The molecule has 9 heteroatoms.